The van der Waals surface area contributed by atoms with Crippen LogP contribution < -0.4 is 4.90 Å². The molecule has 0 radical (unpaired) electrons. The number of hydrogen-bond donors (Lipinski definition) is 0. The van der Waals surface area contributed by atoms with Gasteiger partial charge < -0.3 is 9.64 Å². The van der Waals surface area contributed by atoms with Crippen molar-refractivity contribution in [1.82, 2.24) is 14.9 Å². The summed E-state index contributed by atoms with van der Waals surface area (Å²) in [5, 5.41) is 1.13. The van der Waals surface area contributed by atoms with Crippen LogP contribution in [-0.4, -0.2) is 52.7 Å². The zero-order valence-corrected chi connectivity index (χ0v) is 14.9. The van der Waals surface area contributed by atoms with Crippen molar-refractivity contribution in [1.29, 1.82) is 0 Å². The van der Waals surface area contributed by atoms with Gasteiger partial charge in [-0.3, -0.25) is 9.88 Å². The van der Waals surface area contributed by atoms with Crippen LogP contribution in [0.3, 0.4) is 0 Å². The molecule has 4 heterocycles. The molecule has 6 nitrogen and oxygen atoms in total. The molecule has 5 rings (SSSR count). The molecule has 1 aromatic carbocycles. The maximum absolute atomic E-state index is 12.3. The lowest BCUT2D eigenvalue weighted by Gasteiger charge is -2.23. The second-order valence-corrected chi connectivity index (χ2v) is 7.02. The second-order valence-electron chi connectivity index (χ2n) is 7.02. The van der Waals surface area contributed by atoms with Crippen LogP contribution in [0.4, 0.5) is 10.6 Å². The predicted molar refractivity (Wildman–Crippen MR) is 103 cm³/mol. The Kier molecular flexibility index (Phi) is 3.89. The van der Waals surface area contributed by atoms with Crippen LogP contribution >= 0.6 is 0 Å². The summed E-state index contributed by atoms with van der Waals surface area (Å²) >= 11 is 0. The smallest absolute Gasteiger partial charge is 0.410 e. The Morgan fingerprint density at radius 2 is 1.93 bits per heavy atom. The van der Waals surface area contributed by atoms with Crippen molar-refractivity contribution in [3.8, 4) is 0 Å². The number of carbonyl (C=O) groups excluding carboxylic acids is 1. The van der Waals surface area contributed by atoms with Gasteiger partial charge in [-0.05, 0) is 30.3 Å². The summed E-state index contributed by atoms with van der Waals surface area (Å²) in [5.74, 6) is 0.934. The first-order valence-electron chi connectivity index (χ1n) is 9.26. The zero-order valence-electron chi connectivity index (χ0n) is 14.9. The van der Waals surface area contributed by atoms with Gasteiger partial charge in [0.15, 0.2) is 0 Å². The van der Waals surface area contributed by atoms with E-state index in [1.54, 1.807) is 6.20 Å². The number of anilines is 1. The molecule has 0 saturated carbocycles. The number of amides is 1. The van der Waals surface area contributed by atoms with Crippen LogP contribution in [0.15, 0.2) is 60.8 Å². The van der Waals surface area contributed by atoms with Gasteiger partial charge in [-0.25, -0.2) is 9.78 Å². The minimum absolute atomic E-state index is 0.0643. The largest absolute Gasteiger partial charge is 0.442 e. The summed E-state index contributed by atoms with van der Waals surface area (Å²) in [7, 11) is 0. The molecular weight excluding hydrogens is 340 g/mol. The Morgan fingerprint density at radius 1 is 1.04 bits per heavy atom. The molecule has 0 aliphatic carbocycles. The number of para-hydroxylation sites is 1. The third kappa shape index (κ3) is 2.97. The van der Waals surface area contributed by atoms with Crippen LogP contribution in [0.5, 0.6) is 0 Å². The number of benzene rings is 1. The van der Waals surface area contributed by atoms with E-state index in [1.165, 1.54) is 0 Å². The first-order valence-corrected chi connectivity index (χ1v) is 9.26. The molecule has 27 heavy (non-hydrogen) atoms. The Balaban J connectivity index is 1.31. The van der Waals surface area contributed by atoms with Crippen LogP contribution in [-0.2, 0) is 11.2 Å². The van der Waals surface area contributed by atoms with Gasteiger partial charge in [-0.1, -0.05) is 24.3 Å². The molecule has 2 atom stereocenters. The first-order chi connectivity index (χ1) is 13.3. The van der Waals surface area contributed by atoms with Gasteiger partial charge in [-0.2, -0.15) is 0 Å². The van der Waals surface area contributed by atoms with Gasteiger partial charge in [0.05, 0.1) is 18.1 Å². The average Bonchev–Trinajstić information content (AvgIpc) is 3.24. The molecule has 0 bridgehead atoms. The Bertz CT molecular complexity index is 978. The summed E-state index contributed by atoms with van der Waals surface area (Å²) in [6.45, 7) is 2.04. The summed E-state index contributed by atoms with van der Waals surface area (Å²) in [5.41, 5.74) is 1.97. The lowest BCUT2D eigenvalue weighted by atomic mass is 10.2. The topological polar surface area (TPSA) is 58.6 Å². The summed E-state index contributed by atoms with van der Waals surface area (Å²) in [6, 6.07) is 18.2. The number of rotatable bonds is 4. The fourth-order valence-corrected chi connectivity index (χ4v) is 3.96. The predicted octanol–water partition coefficient (Wildman–Crippen LogP) is 2.88. The fraction of sp³-hybridized carbons (Fsp3) is 0.286. The SMILES string of the molecule is O=C1O[C@@H]2CN(c3ccc4ccccc4n3)C[C@@H]2N1CCc1ccccn1. The zero-order chi connectivity index (χ0) is 18.2. The molecule has 0 N–H and O–H groups in total. The van der Waals surface area contributed by atoms with Crippen molar-refractivity contribution >= 4 is 22.8 Å². The van der Waals surface area contributed by atoms with Gasteiger partial charge in [0.25, 0.3) is 0 Å². The lowest BCUT2D eigenvalue weighted by Crippen LogP contribution is -2.39. The third-order valence-corrected chi connectivity index (χ3v) is 5.37. The van der Waals surface area contributed by atoms with Crippen molar-refractivity contribution in [2.75, 3.05) is 24.5 Å². The van der Waals surface area contributed by atoms with Gasteiger partial charge in [0.1, 0.15) is 11.9 Å². The van der Waals surface area contributed by atoms with Crippen molar-refractivity contribution in [2.24, 2.45) is 0 Å². The molecule has 2 aliphatic rings. The summed E-state index contributed by atoms with van der Waals surface area (Å²) in [4.78, 5) is 25.5. The number of carbonyl (C=O) groups is 1. The molecule has 136 valence electrons. The van der Waals surface area contributed by atoms with Gasteiger partial charge in [0, 0.05) is 36.8 Å². The number of aromatic nitrogens is 2. The maximum Gasteiger partial charge on any atom is 0.410 e. The van der Waals surface area contributed by atoms with Crippen LogP contribution in [0, 0.1) is 0 Å². The molecule has 2 fully saturated rings. The fourth-order valence-electron chi connectivity index (χ4n) is 3.96. The number of ether oxygens (including phenoxy) is 1. The molecule has 1 amide bonds. The van der Waals surface area contributed by atoms with E-state index in [-0.39, 0.29) is 18.2 Å². The molecule has 6 heteroatoms. The highest BCUT2D eigenvalue weighted by Crippen LogP contribution is 2.30. The molecule has 2 aromatic heterocycles. The van der Waals surface area contributed by atoms with E-state index in [4.69, 9.17) is 9.72 Å². The molecule has 2 aliphatic heterocycles. The molecule has 0 spiro atoms. The molecule has 2 saturated heterocycles. The van der Waals surface area contributed by atoms with E-state index in [2.05, 4.69) is 22.0 Å². The van der Waals surface area contributed by atoms with E-state index in [0.717, 1.165) is 35.4 Å². The van der Waals surface area contributed by atoms with Crippen molar-refractivity contribution in [3.63, 3.8) is 0 Å². The summed E-state index contributed by atoms with van der Waals surface area (Å²) in [6.07, 6.45) is 2.19. The minimum Gasteiger partial charge on any atom is -0.442 e. The van der Waals surface area contributed by atoms with Crippen molar-refractivity contribution in [3.05, 3.63) is 66.5 Å². The molecule has 3 aromatic rings. The van der Waals surface area contributed by atoms with E-state index >= 15 is 0 Å². The highest BCUT2D eigenvalue weighted by atomic mass is 16.6. The second kappa shape index (κ2) is 6.54. The number of hydrogen-bond acceptors (Lipinski definition) is 5. The minimum atomic E-state index is -0.216. The number of nitrogens with zero attached hydrogens (tertiary/aromatic N) is 4. The maximum atomic E-state index is 12.3. The van der Waals surface area contributed by atoms with Gasteiger partial charge >= 0.3 is 6.09 Å². The highest BCUT2D eigenvalue weighted by Gasteiger charge is 2.47. The number of fused-ring (bicyclic) bond motifs is 2. The average molecular weight is 360 g/mol. The van der Waals surface area contributed by atoms with Gasteiger partial charge in [-0.15, -0.1) is 0 Å². The first kappa shape index (κ1) is 16.1. The monoisotopic (exact) mass is 360 g/mol. The normalized spacial score (nSPS) is 21.6. The lowest BCUT2D eigenvalue weighted by molar-refractivity contribution is 0.136. The molecular formula is C21H20N4O2. The van der Waals surface area contributed by atoms with Crippen molar-refractivity contribution in [2.45, 2.75) is 18.6 Å². The van der Waals surface area contributed by atoms with Crippen LogP contribution in [0.2, 0.25) is 0 Å². The molecule has 0 unspecified atom stereocenters. The Hall–Kier alpha value is -3.15. The van der Waals surface area contributed by atoms with Crippen molar-refractivity contribution < 1.29 is 9.53 Å². The summed E-state index contributed by atoms with van der Waals surface area (Å²) < 4.78 is 5.62. The van der Waals surface area contributed by atoms with E-state index in [0.29, 0.717) is 13.1 Å². The van der Waals surface area contributed by atoms with E-state index in [1.807, 2.05) is 47.4 Å². The van der Waals surface area contributed by atoms with Crippen LogP contribution in [0.25, 0.3) is 10.9 Å². The van der Waals surface area contributed by atoms with Crippen LogP contribution in [0.1, 0.15) is 5.69 Å². The number of pyridine rings is 2. The van der Waals surface area contributed by atoms with Gasteiger partial charge in [0.2, 0.25) is 0 Å². The Morgan fingerprint density at radius 3 is 2.81 bits per heavy atom. The quantitative estimate of drug-likeness (QED) is 0.716. The third-order valence-electron chi connectivity index (χ3n) is 5.37. The standard InChI is InChI=1S/C21H20N4O2/c26-21-25(12-10-16-6-3-4-11-22-16)18-13-24(14-19(18)27-21)20-9-8-15-5-1-2-7-17(15)23-20/h1-9,11,18-19H,10,12-14H2/t18-,19+/m0/s1. The Labute approximate surface area is 157 Å². The highest BCUT2D eigenvalue weighted by molar-refractivity contribution is 5.80. The van der Waals surface area contributed by atoms with E-state index < -0.39 is 0 Å². The van der Waals surface area contributed by atoms with E-state index in [9.17, 15) is 4.79 Å².